The maximum absolute atomic E-state index is 12.5. The minimum Gasteiger partial charge on any atom is -0.383 e. The molecule has 0 spiro atoms. The van der Waals surface area contributed by atoms with Gasteiger partial charge in [0.05, 0.1) is 17.2 Å². The number of rotatable bonds is 4. The molecule has 2 aromatic rings. The predicted octanol–water partition coefficient (Wildman–Crippen LogP) is 2.01. The average Bonchev–Trinajstić information content (AvgIpc) is 2.77. The first-order valence-corrected chi connectivity index (χ1v) is 8.70. The minimum absolute atomic E-state index is 0.0127. The van der Waals surface area contributed by atoms with Gasteiger partial charge in [-0.2, -0.15) is 4.31 Å². The van der Waals surface area contributed by atoms with E-state index in [2.05, 4.69) is 25.9 Å². The Balaban J connectivity index is 2.32. The third-order valence-electron chi connectivity index (χ3n) is 2.59. The van der Waals surface area contributed by atoms with Gasteiger partial charge in [0.2, 0.25) is 10.0 Å². The maximum Gasteiger partial charge on any atom is 0.246 e. The molecule has 0 aliphatic heterocycles. The van der Waals surface area contributed by atoms with Crippen molar-refractivity contribution in [1.29, 1.82) is 0 Å². The quantitative estimate of drug-likeness (QED) is 0.881. The van der Waals surface area contributed by atoms with Gasteiger partial charge in [0.15, 0.2) is 0 Å². The Morgan fingerprint density at radius 1 is 1.50 bits per heavy atom. The molecular weight excluding hydrogens is 364 g/mol. The monoisotopic (exact) mass is 376 g/mol. The maximum atomic E-state index is 12.5. The van der Waals surface area contributed by atoms with Gasteiger partial charge < -0.3 is 5.73 Å². The summed E-state index contributed by atoms with van der Waals surface area (Å²) in [5, 5.41) is 2.73. The van der Waals surface area contributed by atoms with Crippen LogP contribution in [0.15, 0.2) is 27.0 Å². The Hall–Kier alpha value is -1.03. The molecule has 6 nitrogen and oxygen atoms in total. The zero-order valence-corrected chi connectivity index (χ0v) is 14.1. The van der Waals surface area contributed by atoms with E-state index in [1.54, 1.807) is 0 Å². The van der Waals surface area contributed by atoms with Crippen molar-refractivity contribution in [1.82, 2.24) is 14.3 Å². The Morgan fingerprint density at radius 3 is 2.80 bits per heavy atom. The molecule has 0 aliphatic rings. The van der Waals surface area contributed by atoms with E-state index >= 15 is 0 Å². The van der Waals surface area contributed by atoms with Gasteiger partial charge in [-0.3, -0.25) is 0 Å². The summed E-state index contributed by atoms with van der Waals surface area (Å²) in [7, 11) is -2.21. The van der Waals surface area contributed by atoms with Crippen LogP contribution in [0.25, 0.3) is 0 Å². The number of nitrogens with two attached hydrogens (primary N) is 1. The van der Waals surface area contributed by atoms with E-state index in [0.717, 1.165) is 5.01 Å². The van der Waals surface area contributed by atoms with Gasteiger partial charge in [-0.15, -0.1) is 11.3 Å². The molecule has 0 bridgehead atoms. The highest BCUT2D eigenvalue weighted by molar-refractivity contribution is 9.10. The number of anilines is 1. The molecule has 0 aliphatic carbocycles. The van der Waals surface area contributed by atoms with E-state index in [1.807, 2.05) is 12.3 Å². The molecule has 108 valence electrons. The lowest BCUT2D eigenvalue weighted by Gasteiger charge is -2.17. The Kier molecular flexibility index (Phi) is 4.43. The van der Waals surface area contributed by atoms with Crippen LogP contribution in [0.2, 0.25) is 0 Å². The van der Waals surface area contributed by atoms with Gasteiger partial charge >= 0.3 is 0 Å². The second-order valence-electron chi connectivity index (χ2n) is 4.16. The molecule has 0 amide bonds. The van der Waals surface area contributed by atoms with Gasteiger partial charge in [0.25, 0.3) is 0 Å². The summed E-state index contributed by atoms with van der Waals surface area (Å²) in [4.78, 5) is 8.09. The van der Waals surface area contributed by atoms with E-state index in [9.17, 15) is 8.42 Å². The number of aryl methyl sites for hydroxylation is 1. The summed E-state index contributed by atoms with van der Waals surface area (Å²) in [6.07, 6.45) is 1.46. The molecular formula is C11H13BrN4O2S2. The fraction of sp³-hybridized carbons (Fsp3) is 0.273. The molecule has 0 unspecified atom stereocenters. The van der Waals surface area contributed by atoms with Gasteiger partial charge in [-0.1, -0.05) is 0 Å². The largest absolute Gasteiger partial charge is 0.383 e. The first kappa shape index (κ1) is 15.4. The average molecular weight is 377 g/mol. The van der Waals surface area contributed by atoms with Crippen LogP contribution in [-0.2, 0) is 16.6 Å². The van der Waals surface area contributed by atoms with E-state index < -0.39 is 10.0 Å². The number of hydrogen-bond donors (Lipinski definition) is 1. The highest BCUT2D eigenvalue weighted by Crippen LogP contribution is 2.24. The number of sulfonamides is 1. The van der Waals surface area contributed by atoms with Crippen molar-refractivity contribution in [3.8, 4) is 0 Å². The summed E-state index contributed by atoms with van der Waals surface area (Å²) in [5.41, 5.74) is 6.37. The van der Waals surface area contributed by atoms with Crippen molar-refractivity contribution in [2.24, 2.45) is 0 Å². The molecule has 0 atom stereocenters. The topological polar surface area (TPSA) is 89.2 Å². The third-order valence-corrected chi connectivity index (χ3v) is 5.68. The van der Waals surface area contributed by atoms with E-state index in [4.69, 9.17) is 5.73 Å². The second kappa shape index (κ2) is 5.76. The van der Waals surface area contributed by atoms with Gasteiger partial charge in [0, 0.05) is 23.1 Å². The number of pyridine rings is 1. The Bertz CT molecular complexity index is 730. The molecule has 0 aromatic carbocycles. The van der Waals surface area contributed by atoms with Gasteiger partial charge in [0.1, 0.15) is 10.7 Å². The number of hydrogen-bond acceptors (Lipinski definition) is 6. The van der Waals surface area contributed by atoms with Crippen molar-refractivity contribution in [2.45, 2.75) is 18.4 Å². The minimum atomic E-state index is -3.70. The first-order chi connectivity index (χ1) is 9.30. The molecule has 0 saturated carbocycles. The smallest absolute Gasteiger partial charge is 0.246 e. The fourth-order valence-electron chi connectivity index (χ4n) is 1.60. The number of nitrogens with zero attached hydrogens (tertiary/aromatic N) is 3. The van der Waals surface area contributed by atoms with Crippen LogP contribution in [0.5, 0.6) is 0 Å². The van der Waals surface area contributed by atoms with Crippen LogP contribution in [0.1, 0.15) is 10.7 Å². The molecule has 0 radical (unpaired) electrons. The predicted molar refractivity (Wildman–Crippen MR) is 81.9 cm³/mol. The van der Waals surface area contributed by atoms with E-state index in [0.29, 0.717) is 10.2 Å². The molecule has 20 heavy (non-hydrogen) atoms. The molecule has 2 heterocycles. The number of thiazole rings is 1. The summed E-state index contributed by atoms with van der Waals surface area (Å²) < 4.78 is 26.7. The number of nitrogen functional groups attached to an aromatic ring is 1. The van der Waals surface area contributed by atoms with Crippen molar-refractivity contribution >= 4 is 43.1 Å². The molecule has 2 aromatic heterocycles. The lowest BCUT2D eigenvalue weighted by atomic mass is 10.5. The Labute approximate surface area is 129 Å². The van der Waals surface area contributed by atoms with Gasteiger partial charge in [-0.05, 0) is 28.9 Å². The van der Waals surface area contributed by atoms with Crippen molar-refractivity contribution in [2.75, 3.05) is 12.8 Å². The van der Waals surface area contributed by atoms with Crippen LogP contribution >= 0.6 is 27.3 Å². The van der Waals surface area contributed by atoms with Crippen LogP contribution < -0.4 is 5.73 Å². The lowest BCUT2D eigenvalue weighted by molar-refractivity contribution is 0.463. The molecule has 0 fully saturated rings. The zero-order valence-electron chi connectivity index (χ0n) is 10.9. The SMILES string of the molecule is Cc1nc(CN(C)S(=O)(=O)c2cc(Br)cnc2N)cs1. The van der Waals surface area contributed by atoms with Crippen LogP contribution in [-0.4, -0.2) is 29.7 Å². The second-order valence-corrected chi connectivity index (χ2v) is 8.15. The lowest BCUT2D eigenvalue weighted by Crippen LogP contribution is -2.27. The fourth-order valence-corrected chi connectivity index (χ4v) is 3.92. The van der Waals surface area contributed by atoms with Crippen LogP contribution in [0.4, 0.5) is 5.82 Å². The zero-order chi connectivity index (χ0) is 14.9. The third kappa shape index (κ3) is 3.17. The highest BCUT2D eigenvalue weighted by atomic mass is 79.9. The number of halogens is 1. The van der Waals surface area contributed by atoms with E-state index in [-0.39, 0.29) is 17.3 Å². The summed E-state index contributed by atoms with van der Waals surface area (Å²) in [6.45, 7) is 2.07. The van der Waals surface area contributed by atoms with Crippen molar-refractivity contribution in [3.05, 3.63) is 32.8 Å². The molecule has 2 rings (SSSR count). The van der Waals surface area contributed by atoms with Gasteiger partial charge in [-0.25, -0.2) is 18.4 Å². The summed E-state index contributed by atoms with van der Waals surface area (Å²) in [5.74, 6) is -0.0190. The van der Waals surface area contributed by atoms with Crippen molar-refractivity contribution < 1.29 is 8.42 Å². The summed E-state index contributed by atoms with van der Waals surface area (Å²) >= 11 is 4.68. The van der Waals surface area contributed by atoms with Crippen LogP contribution in [0, 0.1) is 6.92 Å². The standard InChI is InChI=1S/C11H13BrN4O2S2/c1-7-15-9(6-19-7)5-16(2)20(17,18)10-3-8(12)4-14-11(10)13/h3-4,6H,5H2,1-2H3,(H2,13,14). The Morgan fingerprint density at radius 2 is 2.20 bits per heavy atom. The molecule has 9 heteroatoms. The highest BCUT2D eigenvalue weighted by Gasteiger charge is 2.25. The van der Waals surface area contributed by atoms with Crippen molar-refractivity contribution in [3.63, 3.8) is 0 Å². The van der Waals surface area contributed by atoms with E-state index in [1.165, 1.54) is 35.0 Å². The number of aromatic nitrogens is 2. The van der Waals surface area contributed by atoms with Crippen LogP contribution in [0.3, 0.4) is 0 Å². The molecule has 0 saturated heterocycles. The first-order valence-electron chi connectivity index (χ1n) is 5.59. The summed E-state index contributed by atoms with van der Waals surface area (Å²) in [6, 6.07) is 1.44. The normalized spacial score (nSPS) is 12.0. The molecule has 2 N–H and O–H groups in total.